The van der Waals surface area contributed by atoms with Crippen LogP contribution in [0, 0.1) is 0 Å². The Bertz CT molecular complexity index is 38.6. The van der Waals surface area contributed by atoms with Crippen molar-refractivity contribution in [1.29, 1.82) is 0 Å². The number of hydrogen-bond donors (Lipinski definition) is 6. The molecule has 0 aliphatic rings. The van der Waals surface area contributed by atoms with Crippen LogP contribution in [0.3, 0.4) is 0 Å². The molecule has 0 bridgehead atoms. The molecule has 0 fully saturated rings. The van der Waals surface area contributed by atoms with Gasteiger partial charge in [-0.05, 0) is 0 Å². The van der Waals surface area contributed by atoms with Crippen LogP contribution in [0.5, 0.6) is 0 Å². The van der Waals surface area contributed by atoms with E-state index in [1.54, 1.807) is 0 Å². The summed E-state index contributed by atoms with van der Waals surface area (Å²) in [5.41, 5.74) is 14.3. The molecule has 0 aliphatic heterocycles. The molecule has 0 aromatic carbocycles. The van der Waals surface area contributed by atoms with Crippen molar-refractivity contribution in [2.24, 2.45) is 17.2 Å². The first kappa shape index (κ1) is 23.4. The zero-order chi connectivity index (χ0) is 10.2. The molecule has 0 rings (SSSR count). The first-order valence-electron chi connectivity index (χ1n) is 3.67. The summed E-state index contributed by atoms with van der Waals surface area (Å²) in [6.07, 6.45) is 0. The van der Waals surface area contributed by atoms with E-state index in [1.807, 2.05) is 0 Å². The fourth-order valence-corrected chi connectivity index (χ4v) is 0. The molecule has 0 aromatic rings. The largest absolute Gasteiger partial charge is 0.395 e. The van der Waals surface area contributed by atoms with Gasteiger partial charge < -0.3 is 32.5 Å². The maximum atomic E-state index is 7.75. The Morgan fingerprint density at radius 2 is 0.692 bits per heavy atom. The minimum atomic E-state index is 0. The molecule has 7 heteroatoms. The van der Waals surface area contributed by atoms with Crippen molar-refractivity contribution < 1.29 is 37.0 Å². The van der Waals surface area contributed by atoms with Gasteiger partial charge in [-0.15, -0.1) is 0 Å². The normalized spacial score (nSPS) is 6.92. The van der Waals surface area contributed by atoms with Crippen LogP contribution in [-0.4, -0.2) is 54.8 Å². The molecule has 0 amide bonds. The Labute approximate surface area is 94.0 Å². The second-order valence-electron chi connectivity index (χ2n) is 1.54. The Hall–Kier alpha value is 0.474. The average molecular weight is 231 g/mol. The quantitative estimate of drug-likeness (QED) is 0.283. The van der Waals surface area contributed by atoms with Gasteiger partial charge in [-0.1, -0.05) is 0 Å². The third kappa shape index (κ3) is 113. The monoisotopic (exact) mass is 231 g/mol. The number of aliphatic hydroxyl groups excluding tert-OH is 3. The molecular formula is C6H21N3O3Ti. The van der Waals surface area contributed by atoms with Crippen LogP contribution >= 0.6 is 0 Å². The maximum Gasteiger partial charge on any atom is 0.0553 e. The fourth-order valence-electron chi connectivity index (χ4n) is 0. The third-order valence-corrected chi connectivity index (χ3v) is 0.387. The van der Waals surface area contributed by atoms with Crippen LogP contribution in [-0.2, 0) is 21.7 Å². The fraction of sp³-hybridized carbons (Fsp3) is 1.00. The Kier molecular flexibility index (Phi) is 70.4. The smallest absolute Gasteiger partial charge is 0.0553 e. The maximum absolute atomic E-state index is 7.75. The summed E-state index contributed by atoms with van der Waals surface area (Å²) in [6.45, 7) is 1.42. The van der Waals surface area contributed by atoms with Gasteiger partial charge in [-0.2, -0.15) is 0 Å². The minimum Gasteiger partial charge on any atom is -0.395 e. The zero-order valence-electron chi connectivity index (χ0n) is 7.82. The molecular weight excluding hydrogens is 210 g/mol. The topological polar surface area (TPSA) is 139 Å². The molecule has 82 valence electrons. The predicted molar refractivity (Wildman–Crippen MR) is 48.4 cm³/mol. The second-order valence-corrected chi connectivity index (χ2v) is 1.54. The van der Waals surface area contributed by atoms with Crippen LogP contribution in [0.25, 0.3) is 0 Å². The van der Waals surface area contributed by atoms with Gasteiger partial charge in [0.05, 0.1) is 19.8 Å². The Morgan fingerprint density at radius 3 is 0.692 bits per heavy atom. The number of hydrogen-bond acceptors (Lipinski definition) is 6. The van der Waals surface area contributed by atoms with Gasteiger partial charge in [0, 0.05) is 41.4 Å². The molecule has 0 saturated heterocycles. The molecule has 6 nitrogen and oxygen atoms in total. The number of aliphatic hydroxyl groups is 3. The molecule has 0 aliphatic carbocycles. The van der Waals surface area contributed by atoms with Crippen LogP contribution < -0.4 is 17.2 Å². The first-order chi connectivity index (χ1) is 5.74. The molecule has 0 unspecified atom stereocenters. The van der Waals surface area contributed by atoms with Gasteiger partial charge in [0.2, 0.25) is 0 Å². The molecule has 0 radical (unpaired) electrons. The van der Waals surface area contributed by atoms with Gasteiger partial charge in [0.25, 0.3) is 0 Å². The van der Waals surface area contributed by atoms with Crippen LogP contribution in [0.2, 0.25) is 0 Å². The third-order valence-electron chi connectivity index (χ3n) is 0.387. The molecule has 0 spiro atoms. The summed E-state index contributed by atoms with van der Waals surface area (Å²) >= 11 is 0. The van der Waals surface area contributed by atoms with Crippen molar-refractivity contribution in [3.63, 3.8) is 0 Å². The van der Waals surface area contributed by atoms with Crippen molar-refractivity contribution >= 4 is 0 Å². The van der Waals surface area contributed by atoms with Gasteiger partial charge in [0.15, 0.2) is 0 Å². The van der Waals surface area contributed by atoms with E-state index in [2.05, 4.69) is 0 Å². The Morgan fingerprint density at radius 1 is 0.615 bits per heavy atom. The van der Waals surface area contributed by atoms with Gasteiger partial charge in [-0.25, -0.2) is 0 Å². The molecule has 0 saturated carbocycles. The zero-order valence-corrected chi connectivity index (χ0v) is 9.38. The molecule has 13 heavy (non-hydrogen) atoms. The van der Waals surface area contributed by atoms with Crippen molar-refractivity contribution in [2.45, 2.75) is 0 Å². The van der Waals surface area contributed by atoms with Crippen molar-refractivity contribution in [2.75, 3.05) is 39.5 Å². The number of rotatable bonds is 3. The van der Waals surface area contributed by atoms with Crippen LogP contribution in [0.15, 0.2) is 0 Å². The van der Waals surface area contributed by atoms with Gasteiger partial charge in [-0.3, -0.25) is 0 Å². The van der Waals surface area contributed by atoms with E-state index in [4.69, 9.17) is 32.5 Å². The van der Waals surface area contributed by atoms with E-state index >= 15 is 0 Å². The minimum absolute atomic E-state index is 0. The van der Waals surface area contributed by atoms with Crippen LogP contribution in [0.1, 0.15) is 0 Å². The van der Waals surface area contributed by atoms with E-state index in [0.29, 0.717) is 19.6 Å². The summed E-state index contributed by atoms with van der Waals surface area (Å²) in [5.74, 6) is 0. The van der Waals surface area contributed by atoms with E-state index in [-0.39, 0.29) is 41.5 Å². The van der Waals surface area contributed by atoms with Gasteiger partial charge >= 0.3 is 0 Å². The van der Waals surface area contributed by atoms with Crippen LogP contribution in [0.4, 0.5) is 0 Å². The van der Waals surface area contributed by atoms with E-state index in [9.17, 15) is 0 Å². The molecule has 9 N–H and O–H groups in total. The molecule has 0 aromatic heterocycles. The van der Waals surface area contributed by atoms with Crippen molar-refractivity contribution in [3.8, 4) is 0 Å². The predicted octanol–water partition coefficient (Wildman–Crippen LogP) is -3.19. The summed E-state index contributed by atoms with van der Waals surface area (Å²) < 4.78 is 0. The standard InChI is InChI=1S/3C2H7NO.Ti/c3*3-1-2-4;/h3*4H,1-3H2;. The summed E-state index contributed by atoms with van der Waals surface area (Å²) in [7, 11) is 0. The second kappa shape index (κ2) is 39.2. The molecule has 0 atom stereocenters. The number of nitrogens with two attached hydrogens (primary N) is 3. The average Bonchev–Trinajstić information content (AvgIpc) is 2.18. The van der Waals surface area contributed by atoms with Gasteiger partial charge in [0.1, 0.15) is 0 Å². The SMILES string of the molecule is NCCO.NCCO.NCCO.[Ti]. The Balaban J connectivity index is -0.0000000450. The van der Waals surface area contributed by atoms with Crippen molar-refractivity contribution in [1.82, 2.24) is 0 Å². The molecule has 0 heterocycles. The summed E-state index contributed by atoms with van der Waals surface area (Å²) in [4.78, 5) is 0. The van der Waals surface area contributed by atoms with E-state index in [1.165, 1.54) is 0 Å². The summed E-state index contributed by atoms with van der Waals surface area (Å²) in [5, 5.41) is 23.2. The van der Waals surface area contributed by atoms with E-state index < -0.39 is 0 Å². The van der Waals surface area contributed by atoms with E-state index in [0.717, 1.165) is 0 Å². The van der Waals surface area contributed by atoms with Crippen molar-refractivity contribution in [3.05, 3.63) is 0 Å². The first-order valence-corrected chi connectivity index (χ1v) is 3.67. The summed E-state index contributed by atoms with van der Waals surface area (Å²) in [6, 6.07) is 0.